The molecule has 0 aliphatic carbocycles. The van der Waals surface area contributed by atoms with Crippen molar-refractivity contribution >= 4 is 0 Å². The number of rotatable bonds is 7. The van der Waals surface area contributed by atoms with Gasteiger partial charge in [-0.25, -0.2) is 0 Å². The zero-order chi connectivity index (χ0) is 16.2. The van der Waals surface area contributed by atoms with Crippen LogP contribution in [0.3, 0.4) is 0 Å². The summed E-state index contributed by atoms with van der Waals surface area (Å²) in [6.07, 6.45) is 1.68. The lowest BCUT2D eigenvalue weighted by Crippen LogP contribution is -2.47. The van der Waals surface area contributed by atoms with Crippen LogP contribution in [0.4, 0.5) is 0 Å². The quantitative estimate of drug-likeness (QED) is 0.760. The summed E-state index contributed by atoms with van der Waals surface area (Å²) < 4.78 is 11.8. The monoisotopic (exact) mass is 303 g/mol. The minimum Gasteiger partial charge on any atom is -0.386 e. The molecule has 4 atom stereocenters. The molecule has 0 spiro atoms. The van der Waals surface area contributed by atoms with Crippen LogP contribution in [0.15, 0.2) is 55.6 Å². The van der Waals surface area contributed by atoms with Crippen LogP contribution in [-0.2, 0) is 16.0 Å². The molecule has 1 fully saturated rings. The topological polar surface area (TPSA) is 50.7 Å². The Morgan fingerprint density at radius 2 is 1.82 bits per heavy atom. The number of nitrogens with one attached hydrogen (secondary N) is 1. The van der Waals surface area contributed by atoms with Crippen molar-refractivity contribution in [1.82, 2.24) is 5.32 Å². The highest BCUT2D eigenvalue weighted by Gasteiger charge is 2.46. The van der Waals surface area contributed by atoms with E-state index in [2.05, 4.69) is 30.6 Å². The van der Waals surface area contributed by atoms with Gasteiger partial charge in [0, 0.05) is 6.54 Å². The normalized spacial score (nSPS) is 26.3. The Morgan fingerprint density at radius 3 is 2.41 bits per heavy atom. The Morgan fingerprint density at radius 1 is 1.18 bits per heavy atom. The van der Waals surface area contributed by atoms with Crippen LogP contribution in [0.1, 0.15) is 19.4 Å². The number of aliphatic hydroxyl groups excluding tert-OH is 1. The van der Waals surface area contributed by atoms with Gasteiger partial charge in [0.05, 0.1) is 6.04 Å². The fraction of sp³-hybridized carbons (Fsp3) is 0.444. The van der Waals surface area contributed by atoms with Crippen molar-refractivity contribution in [2.24, 2.45) is 0 Å². The second-order valence-electron chi connectivity index (χ2n) is 5.92. The Labute approximate surface area is 132 Å². The smallest absolute Gasteiger partial charge is 0.164 e. The van der Waals surface area contributed by atoms with E-state index in [-0.39, 0.29) is 12.1 Å². The van der Waals surface area contributed by atoms with Gasteiger partial charge in [-0.2, -0.15) is 0 Å². The largest absolute Gasteiger partial charge is 0.386 e. The van der Waals surface area contributed by atoms with E-state index in [1.54, 1.807) is 6.08 Å². The zero-order valence-electron chi connectivity index (χ0n) is 13.2. The highest BCUT2D eigenvalue weighted by molar-refractivity contribution is 5.15. The summed E-state index contributed by atoms with van der Waals surface area (Å²) in [5.41, 5.74) is 1.17. The van der Waals surface area contributed by atoms with E-state index in [0.717, 1.165) is 0 Å². The zero-order valence-corrected chi connectivity index (χ0v) is 13.2. The molecular weight excluding hydrogens is 278 g/mol. The van der Waals surface area contributed by atoms with Crippen molar-refractivity contribution in [2.75, 3.05) is 0 Å². The third-order valence-electron chi connectivity index (χ3n) is 3.73. The summed E-state index contributed by atoms with van der Waals surface area (Å²) in [7, 11) is 0. The average Bonchev–Trinajstić information content (AvgIpc) is 2.84. The van der Waals surface area contributed by atoms with Crippen molar-refractivity contribution in [2.45, 2.75) is 50.5 Å². The average molecular weight is 303 g/mol. The van der Waals surface area contributed by atoms with Gasteiger partial charge in [-0.05, 0) is 19.4 Å². The molecule has 1 aromatic carbocycles. The summed E-state index contributed by atoms with van der Waals surface area (Å²) in [6.45, 7) is 11.9. The number of benzene rings is 1. The van der Waals surface area contributed by atoms with Gasteiger partial charge < -0.3 is 19.9 Å². The van der Waals surface area contributed by atoms with Crippen LogP contribution in [-0.4, -0.2) is 35.2 Å². The minimum absolute atomic E-state index is 0.137. The predicted molar refractivity (Wildman–Crippen MR) is 87.3 cm³/mol. The van der Waals surface area contributed by atoms with Gasteiger partial charge in [0.25, 0.3) is 0 Å². The van der Waals surface area contributed by atoms with E-state index >= 15 is 0 Å². The van der Waals surface area contributed by atoms with Gasteiger partial charge in [0.1, 0.15) is 18.3 Å². The molecule has 4 nitrogen and oxygen atoms in total. The predicted octanol–water partition coefficient (Wildman–Crippen LogP) is 2.40. The molecule has 0 radical (unpaired) electrons. The highest BCUT2D eigenvalue weighted by Crippen LogP contribution is 2.32. The summed E-state index contributed by atoms with van der Waals surface area (Å²) >= 11 is 0. The van der Waals surface area contributed by atoms with E-state index < -0.39 is 18.0 Å². The first-order chi connectivity index (χ1) is 10.5. The van der Waals surface area contributed by atoms with Crippen molar-refractivity contribution in [3.63, 3.8) is 0 Å². The van der Waals surface area contributed by atoms with Gasteiger partial charge in [-0.1, -0.05) is 42.5 Å². The SMILES string of the molecule is C=C[C@H](O)C1OC(C)(C)OC1[C@@H](C=C)NCc1ccccc1. The standard InChI is InChI=1S/C18H25NO3/c1-5-14(19-12-13-10-8-7-9-11-13)16-17(15(20)6-2)22-18(3,4)21-16/h5-11,14-17,19-20H,1-2,12H2,3-4H3/t14-,15+,16?,17?/m1/s1. The molecule has 4 heteroatoms. The molecule has 0 amide bonds. The highest BCUT2D eigenvalue weighted by atomic mass is 16.8. The minimum atomic E-state index is -0.784. The Balaban J connectivity index is 2.07. The molecule has 1 aliphatic rings. The van der Waals surface area contributed by atoms with Crippen molar-refractivity contribution in [3.05, 3.63) is 61.2 Å². The molecule has 120 valence electrons. The van der Waals surface area contributed by atoms with E-state index in [4.69, 9.17) is 9.47 Å². The molecule has 1 saturated heterocycles. The number of hydrogen-bond acceptors (Lipinski definition) is 4. The fourth-order valence-corrected chi connectivity index (χ4v) is 2.66. The van der Waals surface area contributed by atoms with Crippen LogP contribution in [0.5, 0.6) is 0 Å². The summed E-state index contributed by atoms with van der Waals surface area (Å²) in [6, 6.07) is 9.96. The molecule has 0 saturated carbocycles. The van der Waals surface area contributed by atoms with Crippen molar-refractivity contribution in [3.8, 4) is 0 Å². The second kappa shape index (κ2) is 7.20. The molecule has 1 aliphatic heterocycles. The lowest BCUT2D eigenvalue weighted by molar-refractivity contribution is -0.153. The van der Waals surface area contributed by atoms with E-state index in [1.165, 1.54) is 11.6 Å². The molecular formula is C18H25NO3. The van der Waals surface area contributed by atoms with Crippen molar-refractivity contribution < 1.29 is 14.6 Å². The summed E-state index contributed by atoms with van der Waals surface area (Å²) in [5.74, 6) is -0.741. The summed E-state index contributed by atoms with van der Waals surface area (Å²) in [4.78, 5) is 0. The molecule has 0 aromatic heterocycles. The lowest BCUT2D eigenvalue weighted by Gasteiger charge is -2.26. The first kappa shape index (κ1) is 16.9. The van der Waals surface area contributed by atoms with E-state index in [1.807, 2.05) is 32.0 Å². The maximum atomic E-state index is 10.1. The van der Waals surface area contributed by atoms with Crippen LogP contribution in [0.25, 0.3) is 0 Å². The molecule has 1 heterocycles. The van der Waals surface area contributed by atoms with Gasteiger partial charge >= 0.3 is 0 Å². The Bertz CT molecular complexity index is 500. The van der Waals surface area contributed by atoms with Gasteiger partial charge in [-0.15, -0.1) is 13.2 Å². The van der Waals surface area contributed by atoms with E-state index in [9.17, 15) is 5.11 Å². The van der Waals surface area contributed by atoms with Gasteiger partial charge in [0.15, 0.2) is 5.79 Å². The van der Waals surface area contributed by atoms with Crippen LogP contribution in [0.2, 0.25) is 0 Å². The Hall–Kier alpha value is -1.46. The van der Waals surface area contributed by atoms with Crippen molar-refractivity contribution in [1.29, 1.82) is 0 Å². The molecule has 0 bridgehead atoms. The number of hydrogen-bond donors (Lipinski definition) is 2. The molecule has 2 rings (SSSR count). The first-order valence-corrected chi connectivity index (χ1v) is 7.53. The van der Waals surface area contributed by atoms with Gasteiger partial charge in [-0.3, -0.25) is 0 Å². The summed E-state index contributed by atoms with van der Waals surface area (Å²) in [5, 5.41) is 13.5. The lowest BCUT2D eigenvalue weighted by atomic mass is 10.0. The molecule has 1 aromatic rings. The van der Waals surface area contributed by atoms with Gasteiger partial charge in [0.2, 0.25) is 0 Å². The van der Waals surface area contributed by atoms with Crippen LogP contribution in [0, 0.1) is 0 Å². The first-order valence-electron chi connectivity index (χ1n) is 7.53. The fourth-order valence-electron chi connectivity index (χ4n) is 2.66. The number of aliphatic hydroxyl groups is 1. The molecule has 2 N–H and O–H groups in total. The third-order valence-corrected chi connectivity index (χ3v) is 3.73. The molecule has 2 unspecified atom stereocenters. The number of ether oxygens (including phenoxy) is 2. The van der Waals surface area contributed by atoms with Crippen LogP contribution < -0.4 is 5.32 Å². The molecule has 22 heavy (non-hydrogen) atoms. The maximum Gasteiger partial charge on any atom is 0.164 e. The van der Waals surface area contributed by atoms with Crippen LogP contribution >= 0.6 is 0 Å². The Kier molecular flexibility index (Phi) is 5.53. The van der Waals surface area contributed by atoms with E-state index in [0.29, 0.717) is 6.54 Å². The second-order valence-corrected chi connectivity index (χ2v) is 5.92. The maximum absolute atomic E-state index is 10.1. The third kappa shape index (κ3) is 4.05.